The van der Waals surface area contributed by atoms with Gasteiger partial charge in [0.2, 0.25) is 5.91 Å². The molecule has 0 atom stereocenters. The molecule has 0 fully saturated rings. The van der Waals surface area contributed by atoms with Crippen molar-refractivity contribution in [2.24, 2.45) is 10.4 Å². The van der Waals surface area contributed by atoms with Gasteiger partial charge in [0.05, 0.1) is 29.3 Å². The van der Waals surface area contributed by atoms with Gasteiger partial charge in [-0.3, -0.25) is 10.1 Å². The lowest BCUT2D eigenvalue weighted by molar-refractivity contribution is -0.126. The lowest BCUT2D eigenvalue weighted by Gasteiger charge is -2.28. The smallest absolute Gasteiger partial charge is 0.324 e. The Balaban J connectivity index is 2.17. The van der Waals surface area contributed by atoms with E-state index >= 15 is 0 Å². The maximum absolute atomic E-state index is 12.9. The van der Waals surface area contributed by atoms with Crippen LogP contribution in [0.25, 0.3) is 0 Å². The van der Waals surface area contributed by atoms with Crippen molar-refractivity contribution in [1.29, 1.82) is 5.26 Å². The first kappa shape index (κ1) is 26.4. The average Bonchev–Trinajstić information content (AvgIpc) is 2.84. The molecule has 2 rings (SSSR count). The molecule has 9 nitrogen and oxygen atoms in total. The SMILES string of the molecule is CCC(C)(C)C(=O)N(C)c1ccc(NCCCO)c(N=CNC(=O)Nc2ccc(C#N)cc2)c1. The lowest BCUT2D eigenvalue weighted by atomic mass is 9.88. The third-order valence-corrected chi connectivity index (χ3v) is 5.46. The number of anilines is 3. The number of carbonyl (C=O) groups excluding carboxylic acids is 2. The molecule has 0 saturated heterocycles. The van der Waals surface area contributed by atoms with E-state index in [1.165, 1.54) is 6.34 Å². The Labute approximate surface area is 200 Å². The number of hydrogen-bond acceptors (Lipinski definition) is 6. The molecule has 0 aliphatic heterocycles. The number of urea groups is 1. The summed E-state index contributed by atoms with van der Waals surface area (Å²) in [6.07, 6.45) is 2.55. The van der Waals surface area contributed by atoms with E-state index < -0.39 is 11.4 Å². The van der Waals surface area contributed by atoms with E-state index in [4.69, 9.17) is 10.4 Å². The molecule has 0 heterocycles. The van der Waals surface area contributed by atoms with Crippen molar-refractivity contribution >= 4 is 41.0 Å². The fourth-order valence-corrected chi connectivity index (χ4v) is 2.97. The predicted octanol–water partition coefficient (Wildman–Crippen LogP) is 4.23. The minimum atomic E-state index is -0.499. The van der Waals surface area contributed by atoms with Crippen LogP contribution < -0.4 is 20.9 Å². The Morgan fingerprint density at radius 2 is 1.91 bits per heavy atom. The van der Waals surface area contributed by atoms with Gasteiger partial charge in [0.25, 0.3) is 0 Å². The van der Waals surface area contributed by atoms with Gasteiger partial charge >= 0.3 is 6.03 Å². The predicted molar refractivity (Wildman–Crippen MR) is 136 cm³/mol. The van der Waals surface area contributed by atoms with Gasteiger partial charge in [-0.2, -0.15) is 5.26 Å². The van der Waals surface area contributed by atoms with Gasteiger partial charge in [-0.15, -0.1) is 0 Å². The van der Waals surface area contributed by atoms with Crippen LogP contribution in [0.2, 0.25) is 0 Å². The van der Waals surface area contributed by atoms with Crippen LogP contribution in [0.1, 0.15) is 39.2 Å². The second-order valence-electron chi connectivity index (χ2n) is 8.35. The number of rotatable bonds is 10. The first-order valence-corrected chi connectivity index (χ1v) is 11.1. The largest absolute Gasteiger partial charge is 0.396 e. The zero-order chi connectivity index (χ0) is 25.1. The van der Waals surface area contributed by atoms with Crippen molar-refractivity contribution in [3.05, 3.63) is 48.0 Å². The third-order valence-electron chi connectivity index (χ3n) is 5.46. The second-order valence-corrected chi connectivity index (χ2v) is 8.35. The van der Waals surface area contributed by atoms with Gasteiger partial charge in [-0.25, -0.2) is 9.79 Å². The summed E-state index contributed by atoms with van der Waals surface area (Å²) in [4.78, 5) is 31.0. The molecular weight excluding hydrogens is 432 g/mol. The van der Waals surface area contributed by atoms with Crippen LogP contribution in [0.4, 0.5) is 27.5 Å². The molecule has 0 aliphatic carbocycles. The number of nitrogens with zero attached hydrogens (tertiary/aromatic N) is 3. The number of nitrogens with one attached hydrogen (secondary N) is 3. The van der Waals surface area contributed by atoms with Crippen molar-refractivity contribution in [1.82, 2.24) is 5.32 Å². The monoisotopic (exact) mass is 464 g/mol. The maximum Gasteiger partial charge on any atom is 0.324 e. The first-order valence-electron chi connectivity index (χ1n) is 11.1. The molecule has 2 aromatic carbocycles. The number of amides is 3. The van der Waals surface area contributed by atoms with Crippen LogP contribution in [0.3, 0.4) is 0 Å². The van der Waals surface area contributed by atoms with E-state index in [-0.39, 0.29) is 12.5 Å². The van der Waals surface area contributed by atoms with Gasteiger partial charge in [0, 0.05) is 37.0 Å². The standard InChI is InChI=1S/C25H32N6O3/c1-5-25(2,3)23(33)31(4)20-11-12-21(27-13-6-14-32)22(15-20)28-17-29-24(34)30-19-9-7-18(16-26)8-10-19/h7-12,15,17,27,32H,5-6,13-14H2,1-4H3,(H2,28,29,30,34). The van der Waals surface area contributed by atoms with Gasteiger partial charge in [-0.05, 0) is 55.3 Å². The van der Waals surface area contributed by atoms with Crippen LogP contribution in [0.15, 0.2) is 47.5 Å². The molecule has 9 heteroatoms. The van der Waals surface area contributed by atoms with E-state index in [0.717, 1.165) is 0 Å². The Morgan fingerprint density at radius 3 is 2.53 bits per heavy atom. The van der Waals surface area contributed by atoms with Crippen LogP contribution in [0, 0.1) is 16.7 Å². The summed E-state index contributed by atoms with van der Waals surface area (Å²) in [7, 11) is 1.73. The van der Waals surface area contributed by atoms with Crippen molar-refractivity contribution < 1.29 is 14.7 Å². The summed E-state index contributed by atoms with van der Waals surface area (Å²) in [6.45, 7) is 6.40. The van der Waals surface area contributed by atoms with Crippen LogP contribution in [0.5, 0.6) is 0 Å². The molecule has 3 amide bonds. The number of carbonyl (C=O) groups is 2. The summed E-state index contributed by atoms with van der Waals surface area (Å²) in [5, 5.41) is 26.3. The highest BCUT2D eigenvalue weighted by Gasteiger charge is 2.29. The highest BCUT2D eigenvalue weighted by molar-refractivity contribution is 5.98. The molecule has 0 aliphatic rings. The molecular formula is C25H32N6O3. The van der Waals surface area contributed by atoms with E-state index in [2.05, 4.69) is 20.9 Å². The van der Waals surface area contributed by atoms with Crippen LogP contribution >= 0.6 is 0 Å². The number of aliphatic hydroxyl groups excluding tert-OH is 1. The third kappa shape index (κ3) is 7.32. The van der Waals surface area contributed by atoms with Gasteiger partial charge < -0.3 is 20.6 Å². The Bertz CT molecular complexity index is 1060. The summed E-state index contributed by atoms with van der Waals surface area (Å²) in [6, 6.07) is 13.4. The first-order chi connectivity index (χ1) is 16.2. The van der Waals surface area contributed by atoms with Crippen molar-refractivity contribution in [3.63, 3.8) is 0 Å². The molecule has 0 bridgehead atoms. The molecule has 0 saturated carbocycles. The highest BCUT2D eigenvalue weighted by Crippen LogP contribution is 2.32. The van der Waals surface area contributed by atoms with Gasteiger partial charge in [0.1, 0.15) is 0 Å². The quantitative estimate of drug-likeness (QED) is 0.237. The number of aliphatic hydroxyl groups is 1. The minimum Gasteiger partial charge on any atom is -0.396 e. The normalized spacial score (nSPS) is 11.1. The molecule has 0 unspecified atom stereocenters. The lowest BCUT2D eigenvalue weighted by Crippen LogP contribution is -2.38. The highest BCUT2D eigenvalue weighted by atomic mass is 16.3. The molecule has 34 heavy (non-hydrogen) atoms. The maximum atomic E-state index is 12.9. The molecule has 0 spiro atoms. The van der Waals surface area contributed by atoms with Gasteiger partial charge in [-0.1, -0.05) is 20.8 Å². The number of benzene rings is 2. The fourth-order valence-electron chi connectivity index (χ4n) is 2.97. The molecule has 2 aromatic rings. The number of hydrogen-bond donors (Lipinski definition) is 4. The molecule has 0 radical (unpaired) electrons. The Hall–Kier alpha value is -3.90. The molecule has 4 N–H and O–H groups in total. The average molecular weight is 465 g/mol. The summed E-state index contributed by atoms with van der Waals surface area (Å²) >= 11 is 0. The number of nitriles is 1. The fraction of sp³-hybridized carbons (Fsp3) is 0.360. The summed E-state index contributed by atoms with van der Waals surface area (Å²) < 4.78 is 0. The molecule has 0 aromatic heterocycles. The number of aliphatic imine (C=N–C) groups is 1. The topological polar surface area (TPSA) is 130 Å². The second kappa shape index (κ2) is 12.4. The van der Waals surface area contributed by atoms with Crippen LogP contribution in [-0.2, 0) is 4.79 Å². The Morgan fingerprint density at radius 1 is 1.21 bits per heavy atom. The summed E-state index contributed by atoms with van der Waals surface area (Å²) in [5.74, 6) is -0.00848. The van der Waals surface area contributed by atoms with Crippen molar-refractivity contribution in [2.75, 3.05) is 35.7 Å². The zero-order valence-electron chi connectivity index (χ0n) is 20.1. The van der Waals surface area contributed by atoms with E-state index in [1.54, 1.807) is 42.3 Å². The summed E-state index contributed by atoms with van der Waals surface area (Å²) in [5.41, 5.74) is 2.45. The van der Waals surface area contributed by atoms with Gasteiger partial charge in [0.15, 0.2) is 0 Å². The van der Waals surface area contributed by atoms with E-state index in [0.29, 0.717) is 47.7 Å². The van der Waals surface area contributed by atoms with Crippen LogP contribution in [-0.4, -0.2) is 43.6 Å². The van der Waals surface area contributed by atoms with Crippen molar-refractivity contribution in [2.45, 2.75) is 33.6 Å². The minimum absolute atomic E-state index is 0.00848. The molecule has 180 valence electrons. The van der Waals surface area contributed by atoms with Crippen molar-refractivity contribution in [3.8, 4) is 6.07 Å². The Kier molecular flexibility index (Phi) is 9.59. The zero-order valence-corrected chi connectivity index (χ0v) is 20.1. The van der Waals surface area contributed by atoms with E-state index in [9.17, 15) is 9.59 Å². The van der Waals surface area contributed by atoms with E-state index in [1.807, 2.05) is 39.0 Å².